The van der Waals surface area contributed by atoms with E-state index in [1.165, 1.54) is 12.8 Å². The fraction of sp³-hybridized carbons (Fsp3) is 0.429. The molecule has 3 aromatic rings. The second-order valence-corrected chi connectivity index (χ2v) is 8.00. The van der Waals surface area contributed by atoms with Crippen molar-refractivity contribution in [3.63, 3.8) is 0 Å². The molecule has 6 heteroatoms. The third-order valence-corrected chi connectivity index (χ3v) is 5.65. The molecule has 1 atom stereocenters. The fourth-order valence-electron chi connectivity index (χ4n) is 4.03. The van der Waals surface area contributed by atoms with Gasteiger partial charge >= 0.3 is 0 Å². The number of hydrogen-bond acceptors (Lipinski definition) is 5. The van der Waals surface area contributed by atoms with Crippen molar-refractivity contribution >= 4 is 11.5 Å². The van der Waals surface area contributed by atoms with Gasteiger partial charge in [0, 0.05) is 36.8 Å². The molecule has 0 radical (unpaired) electrons. The summed E-state index contributed by atoms with van der Waals surface area (Å²) in [5, 5.41) is 7.17. The lowest BCUT2D eigenvalue weighted by atomic mass is 10.0. The largest absolute Gasteiger partial charge is 0.491 e. The van der Waals surface area contributed by atoms with E-state index in [0.29, 0.717) is 11.5 Å². The number of nitrogens with one attached hydrogen (secondary N) is 2. The van der Waals surface area contributed by atoms with Crippen LogP contribution in [0.2, 0.25) is 0 Å². The molecule has 0 amide bonds. The van der Waals surface area contributed by atoms with Gasteiger partial charge in [-0.2, -0.15) is 0 Å². The second-order valence-electron chi connectivity index (χ2n) is 8.00. The van der Waals surface area contributed by atoms with Crippen molar-refractivity contribution in [2.24, 2.45) is 5.41 Å². The summed E-state index contributed by atoms with van der Waals surface area (Å²) in [6, 6.07) is 10.6. The highest BCUT2D eigenvalue weighted by atomic mass is 16.5. The fourth-order valence-corrected chi connectivity index (χ4v) is 4.03. The van der Waals surface area contributed by atoms with E-state index in [2.05, 4.69) is 32.2 Å². The molecule has 1 aliphatic heterocycles. The summed E-state index contributed by atoms with van der Waals surface area (Å²) in [5.41, 5.74) is 3.21. The van der Waals surface area contributed by atoms with Crippen LogP contribution in [0.4, 0.5) is 5.82 Å². The highest BCUT2D eigenvalue weighted by Gasteiger charge is 2.52. The Balaban J connectivity index is 1.43. The van der Waals surface area contributed by atoms with E-state index >= 15 is 0 Å². The summed E-state index contributed by atoms with van der Waals surface area (Å²) < 4.78 is 7.83. The first-order valence-corrected chi connectivity index (χ1v) is 9.71. The molecule has 2 aliphatic rings. The van der Waals surface area contributed by atoms with Crippen molar-refractivity contribution < 1.29 is 4.74 Å². The minimum absolute atomic E-state index is 0.145. The molecule has 4 heterocycles. The first-order valence-electron chi connectivity index (χ1n) is 9.71. The van der Waals surface area contributed by atoms with Crippen LogP contribution in [-0.2, 0) is 0 Å². The lowest BCUT2D eigenvalue weighted by molar-refractivity contribution is 0.242. The molecule has 2 N–H and O–H groups in total. The topological polar surface area (TPSA) is 63.5 Å². The maximum Gasteiger partial charge on any atom is 0.140 e. The standard InChI is InChI=1S/C21H25N5O/c1-14(2)27-15-6-9-26-17(11-23-20(26)10-15)16-4-3-5-19(24-16)25-18-12-22-13-21(18)7-8-21/h3-6,9-11,14,18,22H,7-8,12-13H2,1-2H3,(H,24,25)/t18-/m0/s1. The number of fused-ring (bicyclic) bond motifs is 1. The smallest absolute Gasteiger partial charge is 0.140 e. The molecule has 1 saturated heterocycles. The van der Waals surface area contributed by atoms with Gasteiger partial charge in [0.1, 0.15) is 17.2 Å². The van der Waals surface area contributed by atoms with Crippen molar-refractivity contribution in [1.82, 2.24) is 19.7 Å². The number of ether oxygens (including phenoxy) is 1. The minimum atomic E-state index is 0.145. The third-order valence-electron chi connectivity index (χ3n) is 5.65. The van der Waals surface area contributed by atoms with E-state index in [0.717, 1.165) is 41.7 Å². The molecule has 0 unspecified atom stereocenters. The monoisotopic (exact) mass is 363 g/mol. The van der Waals surface area contributed by atoms with Gasteiger partial charge in [-0.15, -0.1) is 0 Å². The lowest BCUT2D eigenvalue weighted by Gasteiger charge is -2.19. The number of hydrogen-bond donors (Lipinski definition) is 2. The molecule has 6 nitrogen and oxygen atoms in total. The Morgan fingerprint density at radius 1 is 1.30 bits per heavy atom. The zero-order valence-electron chi connectivity index (χ0n) is 15.8. The average Bonchev–Trinajstić information content (AvgIpc) is 3.15. The quantitative estimate of drug-likeness (QED) is 0.728. The number of nitrogens with zero attached hydrogens (tertiary/aromatic N) is 3. The first kappa shape index (κ1) is 16.6. The van der Waals surface area contributed by atoms with Crippen molar-refractivity contribution in [2.45, 2.75) is 38.8 Å². The maximum absolute atomic E-state index is 5.77. The summed E-state index contributed by atoms with van der Waals surface area (Å²) in [6.45, 7) is 6.18. The van der Waals surface area contributed by atoms with Crippen LogP contribution in [0.3, 0.4) is 0 Å². The number of rotatable bonds is 5. The predicted octanol–water partition coefficient (Wildman–Crippen LogP) is 3.35. The molecule has 1 saturated carbocycles. The normalized spacial score (nSPS) is 20.5. The van der Waals surface area contributed by atoms with E-state index < -0.39 is 0 Å². The third kappa shape index (κ3) is 3.04. The molecular formula is C21H25N5O. The Morgan fingerprint density at radius 2 is 2.19 bits per heavy atom. The SMILES string of the molecule is CC(C)Oc1ccn2c(-c3cccc(N[C@H]4CNCC45CC5)n3)cnc2c1. The van der Waals surface area contributed by atoms with Gasteiger partial charge in [0.15, 0.2) is 0 Å². The highest BCUT2D eigenvalue weighted by Crippen LogP contribution is 2.51. The summed E-state index contributed by atoms with van der Waals surface area (Å²) in [5.74, 6) is 1.77. The van der Waals surface area contributed by atoms with Gasteiger partial charge in [-0.05, 0) is 44.9 Å². The molecule has 5 rings (SSSR count). The predicted molar refractivity (Wildman–Crippen MR) is 106 cm³/mol. The van der Waals surface area contributed by atoms with E-state index in [1.54, 1.807) is 0 Å². The van der Waals surface area contributed by atoms with E-state index in [1.807, 2.05) is 44.4 Å². The van der Waals surface area contributed by atoms with Crippen LogP contribution in [0.1, 0.15) is 26.7 Å². The molecule has 2 fully saturated rings. The van der Waals surface area contributed by atoms with E-state index in [9.17, 15) is 0 Å². The van der Waals surface area contributed by atoms with Gasteiger partial charge < -0.3 is 15.4 Å². The van der Waals surface area contributed by atoms with Gasteiger partial charge in [0.25, 0.3) is 0 Å². The van der Waals surface area contributed by atoms with Gasteiger partial charge in [-0.25, -0.2) is 9.97 Å². The van der Waals surface area contributed by atoms with Crippen LogP contribution in [0.15, 0.2) is 42.7 Å². The van der Waals surface area contributed by atoms with Crippen molar-refractivity contribution in [3.05, 3.63) is 42.7 Å². The molecule has 1 aliphatic carbocycles. The van der Waals surface area contributed by atoms with Crippen molar-refractivity contribution in [3.8, 4) is 17.1 Å². The molecular weight excluding hydrogens is 338 g/mol. The highest BCUT2D eigenvalue weighted by molar-refractivity contribution is 5.63. The first-order chi connectivity index (χ1) is 13.1. The zero-order chi connectivity index (χ0) is 18.4. The van der Waals surface area contributed by atoms with E-state index in [4.69, 9.17) is 9.72 Å². The van der Waals surface area contributed by atoms with Crippen molar-refractivity contribution in [1.29, 1.82) is 0 Å². The Labute approximate surface area is 159 Å². The summed E-state index contributed by atoms with van der Waals surface area (Å²) >= 11 is 0. The maximum atomic E-state index is 5.77. The van der Waals surface area contributed by atoms with Crippen LogP contribution in [0, 0.1) is 5.41 Å². The molecule has 0 bridgehead atoms. The Kier molecular flexibility index (Phi) is 3.82. The Bertz CT molecular complexity index is 976. The van der Waals surface area contributed by atoms with Gasteiger partial charge in [0.05, 0.1) is 23.7 Å². The molecule has 3 aromatic heterocycles. The number of pyridine rings is 2. The Hall–Kier alpha value is -2.60. The molecule has 0 aromatic carbocycles. The molecule has 1 spiro atoms. The van der Waals surface area contributed by atoms with Crippen LogP contribution in [-0.4, -0.2) is 39.6 Å². The van der Waals surface area contributed by atoms with Gasteiger partial charge in [0.2, 0.25) is 0 Å². The molecule has 140 valence electrons. The summed E-state index contributed by atoms with van der Waals surface area (Å²) in [6.07, 6.45) is 6.64. The van der Waals surface area contributed by atoms with Crippen LogP contribution >= 0.6 is 0 Å². The zero-order valence-corrected chi connectivity index (χ0v) is 15.8. The number of aromatic nitrogens is 3. The average molecular weight is 363 g/mol. The molecule has 27 heavy (non-hydrogen) atoms. The van der Waals surface area contributed by atoms with Crippen LogP contribution in [0.5, 0.6) is 5.75 Å². The van der Waals surface area contributed by atoms with Gasteiger partial charge in [-0.3, -0.25) is 4.40 Å². The Morgan fingerprint density at radius 3 is 3.00 bits per heavy atom. The summed E-state index contributed by atoms with van der Waals surface area (Å²) in [7, 11) is 0. The van der Waals surface area contributed by atoms with Crippen LogP contribution < -0.4 is 15.4 Å². The number of anilines is 1. The van der Waals surface area contributed by atoms with Crippen LogP contribution in [0.25, 0.3) is 17.0 Å². The lowest BCUT2D eigenvalue weighted by Crippen LogP contribution is -2.29. The minimum Gasteiger partial charge on any atom is -0.491 e. The van der Waals surface area contributed by atoms with Crippen molar-refractivity contribution in [2.75, 3.05) is 18.4 Å². The summed E-state index contributed by atoms with van der Waals surface area (Å²) in [4.78, 5) is 9.40. The second kappa shape index (κ2) is 6.23. The number of imidazole rings is 1. The van der Waals surface area contributed by atoms with E-state index in [-0.39, 0.29) is 6.10 Å². The van der Waals surface area contributed by atoms with Gasteiger partial charge in [-0.1, -0.05) is 6.07 Å².